The van der Waals surface area contributed by atoms with Gasteiger partial charge in [0.1, 0.15) is 12.2 Å². The minimum absolute atomic E-state index is 0.148. The van der Waals surface area contributed by atoms with Crippen molar-refractivity contribution in [3.63, 3.8) is 0 Å². The van der Waals surface area contributed by atoms with Crippen molar-refractivity contribution >= 4 is 17.3 Å². The second-order valence-corrected chi connectivity index (χ2v) is 4.55. The molecular weight excluding hydrogens is 238 g/mol. The van der Waals surface area contributed by atoms with E-state index in [0.717, 1.165) is 6.42 Å². The fourth-order valence-electron chi connectivity index (χ4n) is 1.31. The standard InChI is InChI=1S/C12H16ClN3O/c1-4-7-16-12(17)11(10(13)8-15-16)14-6-5-9(2)3/h1,8-9,14H,5-7H2,2-3H3. The smallest absolute Gasteiger partial charge is 0.292 e. The van der Waals surface area contributed by atoms with Gasteiger partial charge < -0.3 is 5.32 Å². The number of hydrogen-bond acceptors (Lipinski definition) is 3. The van der Waals surface area contributed by atoms with Crippen LogP contribution in [-0.4, -0.2) is 16.3 Å². The molecule has 0 bridgehead atoms. The van der Waals surface area contributed by atoms with Crippen molar-refractivity contribution in [2.24, 2.45) is 5.92 Å². The molecule has 0 aliphatic heterocycles. The summed E-state index contributed by atoms with van der Waals surface area (Å²) in [6, 6.07) is 0. The van der Waals surface area contributed by atoms with E-state index in [2.05, 4.69) is 30.2 Å². The SMILES string of the molecule is C#CCn1ncc(Cl)c(NCCC(C)C)c1=O. The summed E-state index contributed by atoms with van der Waals surface area (Å²) in [5.41, 5.74) is 0.0942. The Morgan fingerprint density at radius 3 is 2.94 bits per heavy atom. The van der Waals surface area contributed by atoms with Gasteiger partial charge in [-0.15, -0.1) is 6.42 Å². The molecule has 1 rings (SSSR count). The second-order valence-electron chi connectivity index (χ2n) is 4.14. The van der Waals surface area contributed by atoms with E-state index >= 15 is 0 Å². The van der Waals surface area contributed by atoms with Gasteiger partial charge in [-0.25, -0.2) is 4.68 Å². The molecule has 0 unspecified atom stereocenters. The van der Waals surface area contributed by atoms with Gasteiger partial charge in [0.05, 0.1) is 11.2 Å². The third-order valence-electron chi connectivity index (χ3n) is 2.26. The fourth-order valence-corrected chi connectivity index (χ4v) is 1.50. The zero-order chi connectivity index (χ0) is 12.8. The van der Waals surface area contributed by atoms with Crippen LogP contribution in [0.3, 0.4) is 0 Å². The number of anilines is 1. The van der Waals surface area contributed by atoms with E-state index in [4.69, 9.17) is 18.0 Å². The summed E-state index contributed by atoms with van der Waals surface area (Å²) < 4.78 is 1.21. The first-order valence-electron chi connectivity index (χ1n) is 5.49. The minimum atomic E-state index is -0.279. The molecule has 0 radical (unpaired) electrons. The Balaban J connectivity index is 2.87. The number of terminal acetylenes is 1. The Morgan fingerprint density at radius 2 is 2.35 bits per heavy atom. The van der Waals surface area contributed by atoms with Gasteiger partial charge in [-0.2, -0.15) is 5.10 Å². The molecule has 0 amide bonds. The van der Waals surface area contributed by atoms with Gasteiger partial charge in [0.2, 0.25) is 0 Å². The highest BCUT2D eigenvalue weighted by Gasteiger charge is 2.08. The van der Waals surface area contributed by atoms with E-state index in [-0.39, 0.29) is 12.1 Å². The van der Waals surface area contributed by atoms with Crippen LogP contribution in [0.25, 0.3) is 0 Å². The molecule has 1 N–H and O–H groups in total. The summed E-state index contributed by atoms with van der Waals surface area (Å²) in [6.45, 7) is 5.08. The molecule has 0 aromatic carbocycles. The van der Waals surface area contributed by atoms with Gasteiger partial charge >= 0.3 is 0 Å². The molecule has 17 heavy (non-hydrogen) atoms. The van der Waals surface area contributed by atoms with Crippen molar-refractivity contribution in [1.29, 1.82) is 0 Å². The highest BCUT2D eigenvalue weighted by atomic mass is 35.5. The maximum absolute atomic E-state index is 11.9. The molecule has 1 aromatic rings. The molecule has 1 aromatic heterocycles. The average molecular weight is 254 g/mol. The molecule has 0 atom stereocenters. The molecule has 0 aliphatic carbocycles. The Morgan fingerprint density at radius 1 is 1.65 bits per heavy atom. The number of halogens is 1. The van der Waals surface area contributed by atoms with E-state index in [1.54, 1.807) is 0 Å². The van der Waals surface area contributed by atoms with Crippen LogP contribution in [0, 0.1) is 18.3 Å². The van der Waals surface area contributed by atoms with Crippen LogP contribution in [0.15, 0.2) is 11.0 Å². The van der Waals surface area contributed by atoms with E-state index in [1.165, 1.54) is 10.9 Å². The van der Waals surface area contributed by atoms with Crippen LogP contribution < -0.4 is 10.9 Å². The molecule has 0 aliphatic rings. The lowest BCUT2D eigenvalue weighted by molar-refractivity contribution is 0.605. The summed E-state index contributed by atoms with van der Waals surface area (Å²) in [4.78, 5) is 11.9. The quantitative estimate of drug-likeness (QED) is 0.817. The first-order chi connectivity index (χ1) is 8.06. The Kier molecular flexibility index (Phi) is 5.05. The second kappa shape index (κ2) is 6.31. The van der Waals surface area contributed by atoms with Gasteiger partial charge in [0.15, 0.2) is 0 Å². The maximum Gasteiger partial charge on any atom is 0.292 e. The Labute approximate surface area is 106 Å². The van der Waals surface area contributed by atoms with Gasteiger partial charge in [0.25, 0.3) is 5.56 Å². The maximum atomic E-state index is 11.9. The van der Waals surface area contributed by atoms with Gasteiger partial charge in [-0.1, -0.05) is 31.4 Å². The first-order valence-corrected chi connectivity index (χ1v) is 5.87. The van der Waals surface area contributed by atoms with Gasteiger partial charge in [-0.05, 0) is 12.3 Å². The minimum Gasteiger partial charge on any atom is -0.379 e. The zero-order valence-electron chi connectivity index (χ0n) is 10.0. The van der Waals surface area contributed by atoms with Gasteiger partial charge in [0, 0.05) is 6.54 Å². The average Bonchev–Trinajstić information content (AvgIpc) is 2.27. The van der Waals surface area contributed by atoms with Crippen LogP contribution >= 0.6 is 11.6 Å². The van der Waals surface area contributed by atoms with E-state index < -0.39 is 0 Å². The molecular formula is C12H16ClN3O. The number of hydrogen-bond donors (Lipinski definition) is 1. The van der Waals surface area contributed by atoms with Crippen molar-refractivity contribution in [2.45, 2.75) is 26.8 Å². The Hall–Kier alpha value is -1.47. The van der Waals surface area contributed by atoms with E-state index in [1.807, 2.05) is 0 Å². The van der Waals surface area contributed by atoms with Crippen molar-refractivity contribution in [3.05, 3.63) is 21.6 Å². The van der Waals surface area contributed by atoms with E-state index in [9.17, 15) is 4.79 Å². The monoisotopic (exact) mass is 253 g/mol. The summed E-state index contributed by atoms with van der Waals surface area (Å²) in [5.74, 6) is 2.94. The van der Waals surface area contributed by atoms with Crippen LogP contribution in [0.4, 0.5) is 5.69 Å². The summed E-state index contributed by atoms with van der Waals surface area (Å²) >= 11 is 5.93. The highest BCUT2D eigenvalue weighted by molar-refractivity contribution is 6.32. The summed E-state index contributed by atoms with van der Waals surface area (Å²) in [5, 5.41) is 7.22. The number of nitrogens with zero attached hydrogens (tertiary/aromatic N) is 2. The predicted molar refractivity (Wildman–Crippen MR) is 70.3 cm³/mol. The van der Waals surface area contributed by atoms with E-state index in [0.29, 0.717) is 23.2 Å². The molecule has 0 saturated carbocycles. The molecule has 0 fully saturated rings. The lowest BCUT2D eigenvalue weighted by atomic mass is 10.1. The van der Waals surface area contributed by atoms with Crippen molar-refractivity contribution in [3.8, 4) is 12.3 Å². The fraction of sp³-hybridized carbons (Fsp3) is 0.500. The van der Waals surface area contributed by atoms with Crippen LogP contribution in [-0.2, 0) is 6.54 Å². The zero-order valence-corrected chi connectivity index (χ0v) is 10.8. The number of aromatic nitrogens is 2. The molecule has 4 nitrogen and oxygen atoms in total. The molecule has 1 heterocycles. The lowest BCUT2D eigenvalue weighted by Gasteiger charge is -2.10. The Bertz CT molecular complexity index is 474. The van der Waals surface area contributed by atoms with Crippen molar-refractivity contribution in [2.75, 3.05) is 11.9 Å². The van der Waals surface area contributed by atoms with Crippen LogP contribution in [0.5, 0.6) is 0 Å². The van der Waals surface area contributed by atoms with Gasteiger partial charge in [-0.3, -0.25) is 4.79 Å². The highest BCUT2D eigenvalue weighted by Crippen LogP contribution is 2.15. The molecule has 92 valence electrons. The molecule has 5 heteroatoms. The topological polar surface area (TPSA) is 46.9 Å². The van der Waals surface area contributed by atoms with Crippen LogP contribution in [0.1, 0.15) is 20.3 Å². The third kappa shape index (κ3) is 3.79. The lowest BCUT2D eigenvalue weighted by Crippen LogP contribution is -2.26. The molecule has 0 spiro atoms. The normalized spacial score (nSPS) is 10.3. The van der Waals surface area contributed by atoms with Crippen molar-refractivity contribution < 1.29 is 0 Å². The third-order valence-corrected chi connectivity index (χ3v) is 2.55. The number of nitrogens with one attached hydrogen (secondary N) is 1. The van der Waals surface area contributed by atoms with Crippen LogP contribution in [0.2, 0.25) is 5.02 Å². The first kappa shape index (κ1) is 13.6. The van der Waals surface area contributed by atoms with Crippen molar-refractivity contribution in [1.82, 2.24) is 9.78 Å². The predicted octanol–water partition coefficient (Wildman–Crippen LogP) is 1.99. The number of rotatable bonds is 5. The summed E-state index contributed by atoms with van der Waals surface area (Å²) in [6.07, 6.45) is 7.55. The molecule has 0 saturated heterocycles. The largest absolute Gasteiger partial charge is 0.379 e. The summed E-state index contributed by atoms with van der Waals surface area (Å²) in [7, 11) is 0.